The molecule has 17 unspecified atom stereocenters. The summed E-state index contributed by atoms with van der Waals surface area (Å²) >= 11 is 0. The summed E-state index contributed by atoms with van der Waals surface area (Å²) in [7, 11) is 0. The number of nitrogens with one attached hydrogen (secondary N) is 1. The van der Waals surface area contributed by atoms with Crippen molar-refractivity contribution in [3.8, 4) is 0 Å². The lowest BCUT2D eigenvalue weighted by Crippen LogP contribution is -2.66. The van der Waals surface area contributed by atoms with Crippen LogP contribution in [0.4, 0.5) is 0 Å². The molecule has 93 heavy (non-hydrogen) atoms. The molecule has 0 aliphatic carbocycles. The van der Waals surface area contributed by atoms with Crippen molar-refractivity contribution in [3.05, 3.63) is 60.8 Å². The third kappa shape index (κ3) is 36.8. The Kier molecular flexibility index (Phi) is 50.4. The maximum absolute atomic E-state index is 13.5. The van der Waals surface area contributed by atoms with E-state index in [9.17, 15) is 61.0 Å². The molecule has 3 saturated heterocycles. The quantitative estimate of drug-likeness (QED) is 0.0199. The summed E-state index contributed by atoms with van der Waals surface area (Å²) in [5, 5.41) is 121. The van der Waals surface area contributed by atoms with E-state index in [1.54, 1.807) is 0 Å². The van der Waals surface area contributed by atoms with Crippen molar-refractivity contribution in [2.24, 2.45) is 0 Å². The average Bonchev–Trinajstić information content (AvgIpc) is 0.814. The molecule has 3 fully saturated rings. The number of carbonyl (C=O) groups is 1. The monoisotopic (exact) mass is 1320 g/mol. The summed E-state index contributed by atoms with van der Waals surface area (Å²) in [6.07, 6.45) is 41.5. The van der Waals surface area contributed by atoms with E-state index in [0.717, 1.165) is 103 Å². The van der Waals surface area contributed by atoms with Crippen LogP contribution in [0.15, 0.2) is 60.8 Å². The van der Waals surface area contributed by atoms with E-state index in [-0.39, 0.29) is 18.9 Å². The van der Waals surface area contributed by atoms with Crippen LogP contribution in [0.25, 0.3) is 0 Å². The van der Waals surface area contributed by atoms with Gasteiger partial charge >= 0.3 is 0 Å². The van der Waals surface area contributed by atoms with Crippen LogP contribution in [0, 0.1) is 0 Å². The van der Waals surface area contributed by atoms with E-state index in [2.05, 4.69) is 79.9 Å². The van der Waals surface area contributed by atoms with E-state index in [1.165, 1.54) is 135 Å². The molecule has 19 heteroatoms. The van der Waals surface area contributed by atoms with Crippen LogP contribution >= 0.6 is 0 Å². The normalized spacial score (nSPS) is 27.9. The van der Waals surface area contributed by atoms with Crippen LogP contribution in [0.2, 0.25) is 0 Å². The summed E-state index contributed by atoms with van der Waals surface area (Å²) in [6, 6.07) is -0.898. The molecular weight excluding hydrogens is 1190 g/mol. The number of rotatable bonds is 57. The molecule has 3 aliphatic rings. The molecule has 0 spiro atoms. The molecule has 12 N–H and O–H groups in total. The van der Waals surface area contributed by atoms with Crippen molar-refractivity contribution in [2.75, 3.05) is 26.4 Å². The molecule has 3 rings (SSSR count). The molecule has 0 bridgehead atoms. The largest absolute Gasteiger partial charge is 0.394 e. The summed E-state index contributed by atoms with van der Waals surface area (Å²) in [4.78, 5) is 13.5. The summed E-state index contributed by atoms with van der Waals surface area (Å²) in [6.45, 7) is 1.70. The Morgan fingerprint density at radius 2 is 0.742 bits per heavy atom. The number of carbonyl (C=O) groups excluding carboxylic acids is 1. The predicted octanol–water partition coefficient (Wildman–Crippen LogP) is 10.7. The van der Waals surface area contributed by atoms with Crippen LogP contribution in [-0.2, 0) is 33.2 Å². The van der Waals surface area contributed by atoms with Crippen molar-refractivity contribution in [3.63, 3.8) is 0 Å². The van der Waals surface area contributed by atoms with Gasteiger partial charge in [0.15, 0.2) is 18.9 Å². The molecule has 19 nitrogen and oxygen atoms in total. The highest BCUT2D eigenvalue weighted by molar-refractivity contribution is 5.76. The highest BCUT2D eigenvalue weighted by Crippen LogP contribution is 2.33. The van der Waals surface area contributed by atoms with Gasteiger partial charge < -0.3 is 89.9 Å². The van der Waals surface area contributed by atoms with Gasteiger partial charge in [-0.05, 0) is 57.8 Å². The molecule has 3 aliphatic heterocycles. The lowest BCUT2D eigenvalue weighted by molar-refractivity contribution is -0.379. The zero-order valence-corrected chi connectivity index (χ0v) is 57.5. The Labute approximate surface area is 560 Å². The van der Waals surface area contributed by atoms with Gasteiger partial charge in [0.1, 0.15) is 73.2 Å². The first-order valence-corrected chi connectivity index (χ1v) is 37.0. The second-order valence-electron chi connectivity index (χ2n) is 26.4. The minimum atomic E-state index is -1.98. The first kappa shape index (κ1) is 84.7. The van der Waals surface area contributed by atoms with Crippen molar-refractivity contribution in [2.45, 2.75) is 375 Å². The maximum Gasteiger partial charge on any atom is 0.220 e. The number of allylic oxidation sites excluding steroid dienone is 10. The average molecular weight is 1320 g/mol. The third-order valence-electron chi connectivity index (χ3n) is 18.4. The predicted molar refractivity (Wildman–Crippen MR) is 365 cm³/mol. The second kappa shape index (κ2) is 55.4. The zero-order valence-electron chi connectivity index (χ0n) is 57.5. The van der Waals surface area contributed by atoms with Crippen LogP contribution in [-0.4, -0.2) is 193 Å². The van der Waals surface area contributed by atoms with E-state index in [4.69, 9.17) is 28.4 Å². The molecule has 0 aromatic carbocycles. The lowest BCUT2D eigenvalue weighted by atomic mass is 9.96. The molecule has 0 saturated carbocycles. The Balaban J connectivity index is 1.42. The molecule has 542 valence electrons. The summed E-state index contributed by atoms with van der Waals surface area (Å²) in [5.74, 6) is -0.253. The van der Waals surface area contributed by atoms with Gasteiger partial charge in [-0.3, -0.25) is 4.79 Å². The molecule has 0 radical (unpaired) electrons. The molecule has 3 heterocycles. The number of hydrogen-bond donors (Lipinski definition) is 12. The van der Waals surface area contributed by atoms with E-state index >= 15 is 0 Å². The Bertz CT molecular complexity index is 1920. The SMILES string of the molecule is CC/C=C\C/C=C\C/C=C\C/C=C\C/C=C\CCCCCCCCCC(=O)NC(COC1OC(CO)C(OC2OC(CO)C(OC3OC(CO)C(O)C(O)C3O)C(O)C2O)C(O)C1O)C(O)CCCCCCCCCCCCCCCCCCCCCCCCCCC. The van der Waals surface area contributed by atoms with Crippen molar-refractivity contribution >= 4 is 5.91 Å². The van der Waals surface area contributed by atoms with Crippen LogP contribution in [0.3, 0.4) is 0 Å². The Morgan fingerprint density at radius 3 is 1.16 bits per heavy atom. The number of aliphatic hydroxyl groups excluding tert-OH is 11. The van der Waals surface area contributed by atoms with Gasteiger partial charge in [-0.2, -0.15) is 0 Å². The van der Waals surface area contributed by atoms with Gasteiger partial charge in [-0.1, -0.05) is 267 Å². The second-order valence-corrected chi connectivity index (χ2v) is 26.4. The molecule has 0 aromatic heterocycles. The molecular formula is C74H133NO18. The topological polar surface area (TPSA) is 307 Å². The van der Waals surface area contributed by atoms with Gasteiger partial charge in [0, 0.05) is 6.42 Å². The number of ether oxygens (including phenoxy) is 6. The van der Waals surface area contributed by atoms with E-state index < -0.39 is 124 Å². The smallest absolute Gasteiger partial charge is 0.220 e. The highest BCUT2D eigenvalue weighted by Gasteiger charge is 2.53. The summed E-state index contributed by atoms with van der Waals surface area (Å²) in [5.41, 5.74) is 0. The molecule has 1 amide bonds. The summed E-state index contributed by atoms with van der Waals surface area (Å²) < 4.78 is 34.5. The van der Waals surface area contributed by atoms with Crippen LogP contribution in [0.1, 0.15) is 271 Å². The lowest BCUT2D eigenvalue weighted by Gasteiger charge is -2.48. The zero-order chi connectivity index (χ0) is 67.5. The molecule has 17 atom stereocenters. The fourth-order valence-corrected chi connectivity index (χ4v) is 12.4. The number of aliphatic hydroxyl groups is 11. The third-order valence-corrected chi connectivity index (χ3v) is 18.4. The highest BCUT2D eigenvalue weighted by atomic mass is 16.8. The van der Waals surface area contributed by atoms with Gasteiger partial charge in [-0.25, -0.2) is 0 Å². The van der Waals surface area contributed by atoms with Gasteiger partial charge in [0.05, 0.1) is 38.6 Å². The standard InChI is InChI=1S/C74H133NO18/c1-3-5-7-9-11-13-15-17-19-21-23-25-27-28-30-31-33-35-37-39-41-43-45-47-49-51-58(79)57(75-62(80)52-50-48-46-44-42-40-38-36-34-32-29-26-24-22-20-18-16-14-12-10-8-6-4-2)56-88-72-68(86)65(83)70(60(54-77)90-72)93-74-69(87)66(84)71(61(55-78)91-74)92-73-67(85)64(82)63(81)59(53-76)89-73/h6,8,12,14,18,20,24,26,32,34,57-61,63-74,76-79,81-87H,3-5,7,9-11,13,15-17,19,21-23,25,27-31,33,35-56H2,1-2H3,(H,75,80)/b8-6-,14-12-,20-18-,26-24-,34-32-. The Hall–Kier alpha value is -2.51. The number of unbranched alkanes of at least 4 members (excludes halogenated alkanes) is 31. The Morgan fingerprint density at radius 1 is 0.398 bits per heavy atom. The van der Waals surface area contributed by atoms with Crippen molar-refractivity contribution in [1.82, 2.24) is 5.32 Å². The number of hydrogen-bond acceptors (Lipinski definition) is 18. The van der Waals surface area contributed by atoms with Gasteiger partial charge in [0.2, 0.25) is 5.91 Å². The van der Waals surface area contributed by atoms with Crippen molar-refractivity contribution in [1.29, 1.82) is 0 Å². The van der Waals surface area contributed by atoms with Crippen LogP contribution in [0.5, 0.6) is 0 Å². The first-order valence-electron chi connectivity index (χ1n) is 37.0. The minimum Gasteiger partial charge on any atom is -0.394 e. The van der Waals surface area contributed by atoms with Gasteiger partial charge in [-0.15, -0.1) is 0 Å². The van der Waals surface area contributed by atoms with Crippen molar-refractivity contribution < 1.29 is 89.4 Å². The molecule has 0 aromatic rings. The van der Waals surface area contributed by atoms with Gasteiger partial charge in [0.25, 0.3) is 0 Å². The van der Waals surface area contributed by atoms with Crippen LogP contribution < -0.4 is 5.32 Å². The maximum atomic E-state index is 13.5. The van der Waals surface area contributed by atoms with E-state index in [0.29, 0.717) is 12.8 Å². The first-order chi connectivity index (χ1) is 45.3. The van der Waals surface area contributed by atoms with E-state index in [1.807, 2.05) is 0 Å². The number of amides is 1. The fourth-order valence-electron chi connectivity index (χ4n) is 12.4. The minimum absolute atomic E-state index is 0.251. The fraction of sp³-hybridized carbons (Fsp3) is 0.851.